The third kappa shape index (κ3) is 4.94. The molecular weight excluding hydrogens is 332 g/mol. The van der Waals surface area contributed by atoms with E-state index >= 15 is 0 Å². The molecule has 2 amide bonds. The van der Waals surface area contributed by atoms with E-state index in [0.29, 0.717) is 13.0 Å². The summed E-state index contributed by atoms with van der Waals surface area (Å²) >= 11 is 0. The maximum atomic E-state index is 12.9. The van der Waals surface area contributed by atoms with Crippen molar-refractivity contribution in [2.24, 2.45) is 5.92 Å². The van der Waals surface area contributed by atoms with Gasteiger partial charge in [0.05, 0.1) is 7.11 Å². The van der Waals surface area contributed by atoms with E-state index in [0.717, 1.165) is 12.0 Å². The Balaban J connectivity index is 2.05. The minimum Gasteiger partial charge on any atom is -0.467 e. The first-order valence-electron chi connectivity index (χ1n) is 8.86. The SMILES string of the molecule is COC(=O)[C@@H]1CCCN1C(=O)[C@@H](NC(=O)C=Cc1ccccc1)C(C)C. The molecule has 1 saturated heterocycles. The van der Waals surface area contributed by atoms with Crippen LogP contribution in [0.3, 0.4) is 0 Å². The van der Waals surface area contributed by atoms with Gasteiger partial charge in [0, 0.05) is 12.6 Å². The molecule has 6 heteroatoms. The molecule has 1 N–H and O–H groups in total. The van der Waals surface area contributed by atoms with Gasteiger partial charge in [0.1, 0.15) is 12.1 Å². The summed E-state index contributed by atoms with van der Waals surface area (Å²) in [6, 6.07) is 8.20. The summed E-state index contributed by atoms with van der Waals surface area (Å²) in [5, 5.41) is 2.77. The average Bonchev–Trinajstić information content (AvgIpc) is 3.13. The first kappa shape index (κ1) is 19.7. The predicted octanol–water partition coefficient (Wildman–Crippen LogP) is 2.00. The number of ether oxygens (including phenoxy) is 1. The largest absolute Gasteiger partial charge is 0.467 e. The van der Waals surface area contributed by atoms with Gasteiger partial charge in [0.2, 0.25) is 11.8 Å². The van der Waals surface area contributed by atoms with Crippen molar-refractivity contribution in [3.63, 3.8) is 0 Å². The van der Waals surface area contributed by atoms with E-state index in [1.807, 2.05) is 44.2 Å². The van der Waals surface area contributed by atoms with Gasteiger partial charge in [0.25, 0.3) is 0 Å². The number of hydrogen-bond donors (Lipinski definition) is 1. The molecule has 0 unspecified atom stereocenters. The lowest BCUT2D eigenvalue weighted by molar-refractivity contribution is -0.152. The molecule has 0 aliphatic carbocycles. The average molecular weight is 358 g/mol. The van der Waals surface area contributed by atoms with Crippen LogP contribution in [0, 0.1) is 5.92 Å². The Morgan fingerprint density at radius 3 is 2.54 bits per heavy atom. The molecule has 1 aliphatic rings. The van der Waals surface area contributed by atoms with Gasteiger partial charge in [-0.1, -0.05) is 44.2 Å². The molecule has 0 radical (unpaired) electrons. The number of benzene rings is 1. The van der Waals surface area contributed by atoms with Crippen LogP contribution in [0.15, 0.2) is 36.4 Å². The minimum atomic E-state index is -0.687. The summed E-state index contributed by atoms with van der Waals surface area (Å²) < 4.78 is 4.79. The zero-order chi connectivity index (χ0) is 19.1. The first-order valence-corrected chi connectivity index (χ1v) is 8.86. The molecule has 140 valence electrons. The van der Waals surface area contributed by atoms with Crippen molar-refractivity contribution in [1.82, 2.24) is 10.2 Å². The number of methoxy groups -OCH3 is 1. The van der Waals surface area contributed by atoms with E-state index in [1.54, 1.807) is 6.08 Å². The van der Waals surface area contributed by atoms with Crippen molar-refractivity contribution in [1.29, 1.82) is 0 Å². The second-order valence-electron chi connectivity index (χ2n) is 6.69. The summed E-state index contributed by atoms with van der Waals surface area (Å²) in [6.45, 7) is 4.23. The smallest absolute Gasteiger partial charge is 0.328 e. The fourth-order valence-electron chi connectivity index (χ4n) is 3.04. The van der Waals surface area contributed by atoms with Crippen LogP contribution in [0.25, 0.3) is 6.08 Å². The Bertz CT molecular complexity index is 670. The van der Waals surface area contributed by atoms with Crippen molar-refractivity contribution in [3.8, 4) is 0 Å². The van der Waals surface area contributed by atoms with Crippen molar-refractivity contribution in [3.05, 3.63) is 42.0 Å². The quantitative estimate of drug-likeness (QED) is 0.623. The van der Waals surface area contributed by atoms with Crippen molar-refractivity contribution in [2.45, 2.75) is 38.8 Å². The summed E-state index contributed by atoms with van der Waals surface area (Å²) in [5.74, 6) is -1.09. The maximum Gasteiger partial charge on any atom is 0.328 e. The van der Waals surface area contributed by atoms with E-state index in [-0.39, 0.29) is 17.7 Å². The molecular formula is C20H26N2O4. The highest BCUT2D eigenvalue weighted by Gasteiger charge is 2.38. The maximum absolute atomic E-state index is 12.9. The number of carbonyl (C=O) groups excluding carboxylic acids is 3. The number of hydrogen-bond acceptors (Lipinski definition) is 4. The van der Waals surface area contributed by atoms with Crippen LogP contribution in [0.2, 0.25) is 0 Å². The van der Waals surface area contributed by atoms with Crippen LogP contribution in [0.5, 0.6) is 0 Å². The van der Waals surface area contributed by atoms with Gasteiger partial charge in [-0.3, -0.25) is 9.59 Å². The van der Waals surface area contributed by atoms with Crippen LogP contribution in [0.4, 0.5) is 0 Å². The van der Waals surface area contributed by atoms with Crippen LogP contribution in [-0.4, -0.2) is 48.4 Å². The molecule has 2 atom stereocenters. The molecule has 2 rings (SSSR count). The van der Waals surface area contributed by atoms with Gasteiger partial charge >= 0.3 is 5.97 Å². The number of carbonyl (C=O) groups is 3. The molecule has 0 spiro atoms. The Kier molecular flexibility index (Phi) is 6.95. The molecule has 6 nitrogen and oxygen atoms in total. The molecule has 1 aliphatic heterocycles. The third-order valence-electron chi connectivity index (χ3n) is 4.47. The van der Waals surface area contributed by atoms with Gasteiger partial charge in [-0.05, 0) is 30.4 Å². The van der Waals surface area contributed by atoms with E-state index in [4.69, 9.17) is 4.74 Å². The molecule has 1 heterocycles. The predicted molar refractivity (Wildman–Crippen MR) is 99.0 cm³/mol. The van der Waals surface area contributed by atoms with Gasteiger partial charge in [0.15, 0.2) is 0 Å². The highest BCUT2D eigenvalue weighted by atomic mass is 16.5. The fraction of sp³-hybridized carbons (Fsp3) is 0.450. The van der Waals surface area contributed by atoms with Gasteiger partial charge in [-0.15, -0.1) is 0 Å². The van der Waals surface area contributed by atoms with Gasteiger partial charge in [-0.25, -0.2) is 4.79 Å². The van der Waals surface area contributed by atoms with Crippen LogP contribution in [0.1, 0.15) is 32.3 Å². The molecule has 1 aromatic carbocycles. The molecule has 1 aromatic rings. The second-order valence-corrected chi connectivity index (χ2v) is 6.69. The van der Waals surface area contributed by atoms with E-state index in [9.17, 15) is 14.4 Å². The van der Waals surface area contributed by atoms with Crippen LogP contribution < -0.4 is 5.32 Å². The molecule has 0 saturated carbocycles. The number of amides is 2. The molecule has 26 heavy (non-hydrogen) atoms. The van der Waals surface area contributed by atoms with E-state index < -0.39 is 18.1 Å². The van der Waals surface area contributed by atoms with E-state index in [1.165, 1.54) is 18.1 Å². The third-order valence-corrected chi connectivity index (χ3v) is 4.47. The summed E-state index contributed by atoms with van der Waals surface area (Å²) in [5.41, 5.74) is 0.903. The zero-order valence-electron chi connectivity index (χ0n) is 15.5. The van der Waals surface area contributed by atoms with Crippen molar-refractivity contribution < 1.29 is 19.1 Å². The number of esters is 1. The first-order chi connectivity index (χ1) is 12.4. The van der Waals surface area contributed by atoms with Gasteiger partial charge < -0.3 is 15.0 Å². The van der Waals surface area contributed by atoms with Crippen molar-refractivity contribution >= 4 is 23.9 Å². The molecule has 0 bridgehead atoms. The molecule has 0 aromatic heterocycles. The van der Waals surface area contributed by atoms with Crippen LogP contribution in [-0.2, 0) is 19.1 Å². The number of rotatable bonds is 6. The summed E-state index contributed by atoms with van der Waals surface area (Å²) in [6.07, 6.45) is 4.45. The highest BCUT2D eigenvalue weighted by Crippen LogP contribution is 2.21. The lowest BCUT2D eigenvalue weighted by atomic mass is 10.0. The van der Waals surface area contributed by atoms with Crippen molar-refractivity contribution in [2.75, 3.05) is 13.7 Å². The van der Waals surface area contributed by atoms with Gasteiger partial charge in [-0.2, -0.15) is 0 Å². The van der Waals surface area contributed by atoms with E-state index in [2.05, 4.69) is 5.32 Å². The number of likely N-dealkylation sites (tertiary alicyclic amines) is 1. The highest BCUT2D eigenvalue weighted by molar-refractivity contribution is 5.96. The minimum absolute atomic E-state index is 0.101. The second kappa shape index (κ2) is 9.17. The number of nitrogens with zero attached hydrogens (tertiary/aromatic N) is 1. The fourth-order valence-corrected chi connectivity index (χ4v) is 3.04. The topological polar surface area (TPSA) is 75.7 Å². The lowest BCUT2D eigenvalue weighted by Crippen LogP contribution is -2.53. The Hall–Kier alpha value is -2.63. The normalized spacial score (nSPS) is 18.2. The summed E-state index contributed by atoms with van der Waals surface area (Å²) in [4.78, 5) is 38.6. The molecule has 1 fully saturated rings. The zero-order valence-corrected chi connectivity index (χ0v) is 15.5. The lowest BCUT2D eigenvalue weighted by Gasteiger charge is -2.29. The summed E-state index contributed by atoms with van der Waals surface area (Å²) in [7, 11) is 1.32. The monoisotopic (exact) mass is 358 g/mol. The Morgan fingerprint density at radius 2 is 1.92 bits per heavy atom. The Morgan fingerprint density at radius 1 is 1.23 bits per heavy atom. The Labute approximate surface area is 154 Å². The number of nitrogens with one attached hydrogen (secondary N) is 1. The van der Waals surface area contributed by atoms with Crippen LogP contribution >= 0.6 is 0 Å². The standard InChI is InChI=1S/C20H26N2O4/c1-14(2)18(19(24)22-13-7-10-16(22)20(25)26-3)21-17(23)12-11-15-8-5-4-6-9-15/h4-6,8-9,11-12,14,16,18H,7,10,13H2,1-3H3,(H,21,23)/t16-,18-/m0/s1.